The van der Waals surface area contributed by atoms with E-state index in [1.54, 1.807) is 17.0 Å². The van der Waals surface area contributed by atoms with Gasteiger partial charge in [-0.05, 0) is 51.1 Å². The Morgan fingerprint density at radius 3 is 2.43 bits per heavy atom. The van der Waals surface area contributed by atoms with E-state index in [1.165, 1.54) is 7.11 Å². The van der Waals surface area contributed by atoms with Gasteiger partial charge in [-0.25, -0.2) is 9.36 Å². The highest BCUT2D eigenvalue weighted by Crippen LogP contribution is 2.35. The van der Waals surface area contributed by atoms with Crippen molar-refractivity contribution in [3.8, 4) is 28.4 Å². The number of benzene rings is 1. The van der Waals surface area contributed by atoms with Crippen LogP contribution in [0.3, 0.4) is 0 Å². The minimum absolute atomic E-state index is 0.320. The van der Waals surface area contributed by atoms with Crippen molar-refractivity contribution in [1.82, 2.24) is 19.7 Å². The molecular formula is C23H22N4O3. The number of hydrogen-bond donors (Lipinski definition) is 0. The fraction of sp³-hybridized carbons (Fsp3) is 0.217. The lowest BCUT2D eigenvalue weighted by Gasteiger charge is -2.21. The first-order chi connectivity index (χ1) is 14.4. The number of pyridine rings is 1. The van der Waals surface area contributed by atoms with Crippen LogP contribution in [-0.4, -0.2) is 38.6 Å². The van der Waals surface area contributed by atoms with Crippen LogP contribution < -0.4 is 4.74 Å². The molecule has 0 aliphatic rings. The van der Waals surface area contributed by atoms with Gasteiger partial charge in [0.1, 0.15) is 5.60 Å². The number of nitrogens with zero attached hydrogens (tertiary/aromatic N) is 4. The van der Waals surface area contributed by atoms with Gasteiger partial charge in [0.25, 0.3) is 0 Å². The zero-order valence-electron chi connectivity index (χ0n) is 17.3. The van der Waals surface area contributed by atoms with Crippen LogP contribution >= 0.6 is 0 Å². The summed E-state index contributed by atoms with van der Waals surface area (Å²) in [5.74, 6) is 0.320. The fourth-order valence-electron chi connectivity index (χ4n) is 3.24. The number of carbonyl (C=O) groups excluding carboxylic acids is 1. The molecule has 0 aliphatic carbocycles. The van der Waals surface area contributed by atoms with Crippen molar-refractivity contribution >= 4 is 17.0 Å². The van der Waals surface area contributed by atoms with Gasteiger partial charge in [0, 0.05) is 23.3 Å². The van der Waals surface area contributed by atoms with Gasteiger partial charge >= 0.3 is 6.09 Å². The second-order valence-corrected chi connectivity index (χ2v) is 7.79. The van der Waals surface area contributed by atoms with Crippen molar-refractivity contribution in [3.05, 3.63) is 60.9 Å². The van der Waals surface area contributed by atoms with Crippen molar-refractivity contribution in [1.29, 1.82) is 0 Å². The van der Waals surface area contributed by atoms with Gasteiger partial charge < -0.3 is 9.47 Å². The normalized spacial score (nSPS) is 11.5. The van der Waals surface area contributed by atoms with Crippen LogP contribution in [0.2, 0.25) is 0 Å². The van der Waals surface area contributed by atoms with Crippen molar-refractivity contribution in [2.75, 3.05) is 7.11 Å². The molecule has 0 radical (unpaired) electrons. The molecule has 7 nitrogen and oxygen atoms in total. The second kappa shape index (κ2) is 7.59. The van der Waals surface area contributed by atoms with Crippen molar-refractivity contribution < 1.29 is 14.3 Å². The summed E-state index contributed by atoms with van der Waals surface area (Å²) in [6.45, 7) is 5.52. The lowest BCUT2D eigenvalue weighted by Crippen LogP contribution is -2.27. The number of hydrogen-bond acceptors (Lipinski definition) is 6. The number of para-hydroxylation sites is 1. The summed E-state index contributed by atoms with van der Waals surface area (Å²) in [4.78, 5) is 17.2. The summed E-state index contributed by atoms with van der Waals surface area (Å²) < 4.78 is 12.7. The van der Waals surface area contributed by atoms with E-state index in [-0.39, 0.29) is 0 Å². The molecule has 0 unspecified atom stereocenters. The summed E-state index contributed by atoms with van der Waals surface area (Å²) in [6.07, 6.45) is 2.92. The molecule has 0 amide bonds. The number of rotatable bonds is 3. The largest absolute Gasteiger partial charge is 0.479 e. The van der Waals surface area contributed by atoms with E-state index in [0.29, 0.717) is 22.8 Å². The average molecular weight is 402 g/mol. The van der Waals surface area contributed by atoms with Crippen LogP contribution in [-0.2, 0) is 4.74 Å². The topological polar surface area (TPSA) is 79.1 Å². The zero-order chi connectivity index (χ0) is 21.3. The van der Waals surface area contributed by atoms with Crippen molar-refractivity contribution in [3.63, 3.8) is 0 Å². The highest BCUT2D eigenvalue weighted by atomic mass is 16.6. The zero-order valence-corrected chi connectivity index (χ0v) is 17.3. The Balaban J connectivity index is 1.95. The number of aromatic nitrogens is 4. The first-order valence-corrected chi connectivity index (χ1v) is 9.54. The number of ether oxygens (including phenoxy) is 2. The lowest BCUT2D eigenvalue weighted by atomic mass is 10.1. The van der Waals surface area contributed by atoms with E-state index in [1.807, 2.05) is 69.3 Å². The smallest absolute Gasteiger partial charge is 0.419 e. The van der Waals surface area contributed by atoms with Crippen LogP contribution in [0.4, 0.5) is 4.79 Å². The van der Waals surface area contributed by atoms with Gasteiger partial charge in [-0.2, -0.15) is 0 Å². The van der Waals surface area contributed by atoms with Crippen LogP contribution in [0.5, 0.6) is 5.88 Å². The summed E-state index contributed by atoms with van der Waals surface area (Å²) in [7, 11) is 1.53. The molecule has 7 heteroatoms. The Bertz CT molecular complexity index is 1210. The Morgan fingerprint density at radius 1 is 1.00 bits per heavy atom. The quantitative estimate of drug-likeness (QED) is 0.482. The first-order valence-electron chi connectivity index (χ1n) is 9.54. The van der Waals surface area contributed by atoms with Crippen LogP contribution in [0.25, 0.3) is 33.4 Å². The molecule has 30 heavy (non-hydrogen) atoms. The molecule has 0 saturated heterocycles. The molecule has 0 saturated carbocycles. The molecule has 3 heterocycles. The second-order valence-electron chi connectivity index (χ2n) is 7.79. The molecule has 0 atom stereocenters. The van der Waals surface area contributed by atoms with Gasteiger partial charge in [0.2, 0.25) is 5.88 Å². The molecule has 152 valence electrons. The summed E-state index contributed by atoms with van der Waals surface area (Å²) in [6, 6.07) is 15.1. The highest BCUT2D eigenvalue weighted by molar-refractivity contribution is 5.97. The third kappa shape index (κ3) is 3.74. The van der Waals surface area contributed by atoms with E-state index >= 15 is 0 Å². The standard InChI is InChI=1S/C23H22N4O3/c1-23(2,3)30-22(28)27-19-8-6-5-7-16(19)13-20(27)17-14-18(25-26-21(17)29-4)15-9-11-24-12-10-15/h5-14H,1-4H3. The Morgan fingerprint density at radius 2 is 1.73 bits per heavy atom. The summed E-state index contributed by atoms with van der Waals surface area (Å²) in [5, 5.41) is 9.41. The number of methoxy groups -OCH3 is 1. The lowest BCUT2D eigenvalue weighted by molar-refractivity contribution is 0.0547. The fourth-order valence-corrected chi connectivity index (χ4v) is 3.24. The molecule has 3 aromatic heterocycles. The van der Waals surface area contributed by atoms with Gasteiger partial charge in [-0.15, -0.1) is 10.2 Å². The maximum atomic E-state index is 13.1. The minimum atomic E-state index is -0.636. The van der Waals surface area contributed by atoms with E-state index in [2.05, 4.69) is 15.2 Å². The van der Waals surface area contributed by atoms with Crippen LogP contribution in [0, 0.1) is 0 Å². The molecule has 1 aromatic carbocycles. The summed E-state index contributed by atoms with van der Waals surface area (Å²) >= 11 is 0. The van der Waals surface area contributed by atoms with Gasteiger partial charge in [-0.3, -0.25) is 4.98 Å². The first kappa shape index (κ1) is 19.6. The molecule has 0 fully saturated rings. The molecule has 0 aliphatic heterocycles. The highest BCUT2D eigenvalue weighted by Gasteiger charge is 2.25. The molecule has 0 spiro atoms. The third-order valence-corrected chi connectivity index (χ3v) is 4.49. The predicted octanol–water partition coefficient (Wildman–Crippen LogP) is 4.95. The predicted molar refractivity (Wildman–Crippen MR) is 114 cm³/mol. The van der Waals surface area contributed by atoms with E-state index in [9.17, 15) is 4.79 Å². The van der Waals surface area contributed by atoms with Gasteiger partial charge in [0.15, 0.2) is 0 Å². The Labute approximate surface area is 174 Å². The Kier molecular flexibility index (Phi) is 4.95. The molecule has 0 N–H and O–H groups in total. The van der Waals surface area contributed by atoms with Crippen LogP contribution in [0.1, 0.15) is 20.8 Å². The van der Waals surface area contributed by atoms with Crippen LogP contribution in [0.15, 0.2) is 60.9 Å². The minimum Gasteiger partial charge on any atom is -0.479 e. The van der Waals surface area contributed by atoms with E-state index < -0.39 is 11.7 Å². The molecule has 4 rings (SSSR count). The van der Waals surface area contributed by atoms with Gasteiger partial charge in [0.05, 0.1) is 29.6 Å². The molecule has 0 bridgehead atoms. The van der Waals surface area contributed by atoms with Gasteiger partial charge in [-0.1, -0.05) is 18.2 Å². The SMILES string of the molecule is COc1nnc(-c2ccncc2)cc1-c1cc2ccccc2n1C(=O)OC(C)(C)C. The van der Waals surface area contributed by atoms with Crippen molar-refractivity contribution in [2.45, 2.75) is 26.4 Å². The Hall–Kier alpha value is -3.74. The number of fused-ring (bicyclic) bond motifs is 1. The maximum Gasteiger partial charge on any atom is 0.419 e. The number of carbonyl (C=O) groups is 1. The van der Waals surface area contributed by atoms with E-state index in [0.717, 1.165) is 16.5 Å². The molecule has 4 aromatic rings. The third-order valence-electron chi connectivity index (χ3n) is 4.49. The average Bonchev–Trinajstić information content (AvgIpc) is 3.12. The summed E-state index contributed by atoms with van der Waals surface area (Å²) in [5.41, 5.74) is 2.87. The van der Waals surface area contributed by atoms with Crippen molar-refractivity contribution in [2.24, 2.45) is 0 Å². The maximum absolute atomic E-state index is 13.1. The van der Waals surface area contributed by atoms with E-state index in [4.69, 9.17) is 9.47 Å². The monoisotopic (exact) mass is 402 g/mol. The molecular weight excluding hydrogens is 380 g/mol.